The Balaban J connectivity index is 1.87. The number of carbonyl (C=O) groups excluding carboxylic acids is 1. The van der Waals surface area contributed by atoms with Crippen LogP contribution in [0.25, 0.3) is 5.82 Å². The highest BCUT2D eigenvalue weighted by atomic mass is 79.9. The molecule has 1 amide bonds. The van der Waals surface area contributed by atoms with E-state index in [-0.39, 0.29) is 10.0 Å². The molecule has 34 heavy (non-hydrogen) atoms. The Hall–Kier alpha value is -2.80. The second-order valence-electron chi connectivity index (χ2n) is 7.56. The SMILES string of the molecule is CCS(C)(=O)=Nc1ccc(-n2nc(C)nc2[C@H](C)NC(=O)c2cc(Br)cc(C(F)(F)F)c2)nc1. The molecule has 1 N–H and O–H groups in total. The number of nitrogens with zero attached hydrogens (tertiary/aromatic N) is 5. The molecule has 2 atom stereocenters. The summed E-state index contributed by atoms with van der Waals surface area (Å²) in [4.78, 5) is 21.4. The summed E-state index contributed by atoms with van der Waals surface area (Å²) in [6.45, 7) is 5.08. The average Bonchev–Trinajstić information content (AvgIpc) is 3.14. The van der Waals surface area contributed by atoms with Gasteiger partial charge in [0, 0.05) is 31.8 Å². The molecule has 0 spiro atoms. The highest BCUT2D eigenvalue weighted by Gasteiger charge is 2.32. The van der Waals surface area contributed by atoms with E-state index in [1.54, 1.807) is 39.2 Å². The Morgan fingerprint density at radius 3 is 2.59 bits per heavy atom. The van der Waals surface area contributed by atoms with Gasteiger partial charge in [-0.2, -0.15) is 22.2 Å². The number of carbonyl (C=O) groups is 1. The molecule has 0 fully saturated rings. The highest BCUT2D eigenvalue weighted by Crippen LogP contribution is 2.32. The minimum Gasteiger partial charge on any atom is -0.342 e. The number of hydrogen-bond donors (Lipinski definition) is 1. The lowest BCUT2D eigenvalue weighted by molar-refractivity contribution is -0.137. The number of pyridine rings is 1. The Kier molecular flexibility index (Phi) is 7.46. The summed E-state index contributed by atoms with van der Waals surface area (Å²) in [6.07, 6.45) is -1.57. The van der Waals surface area contributed by atoms with Gasteiger partial charge in [-0.3, -0.25) is 4.79 Å². The number of amides is 1. The third kappa shape index (κ3) is 6.20. The zero-order valence-corrected chi connectivity index (χ0v) is 21.1. The fourth-order valence-electron chi connectivity index (χ4n) is 2.95. The molecule has 0 aliphatic heterocycles. The predicted octanol–water partition coefficient (Wildman–Crippen LogP) is 4.99. The van der Waals surface area contributed by atoms with E-state index < -0.39 is 33.4 Å². The number of aromatic nitrogens is 4. The fraction of sp³-hybridized carbons (Fsp3) is 0.333. The average molecular weight is 559 g/mol. The second kappa shape index (κ2) is 9.82. The van der Waals surface area contributed by atoms with Crippen LogP contribution in [0, 0.1) is 6.92 Å². The van der Waals surface area contributed by atoms with Gasteiger partial charge in [-0.1, -0.05) is 22.9 Å². The van der Waals surface area contributed by atoms with Crippen LogP contribution in [-0.4, -0.2) is 41.9 Å². The molecule has 0 aliphatic rings. The highest BCUT2D eigenvalue weighted by molar-refractivity contribution is 9.10. The number of hydrogen-bond acceptors (Lipinski definition) is 6. The van der Waals surface area contributed by atoms with Crippen LogP contribution in [0.4, 0.5) is 18.9 Å². The molecular formula is C21H22BrF3N6O2S. The van der Waals surface area contributed by atoms with Gasteiger partial charge in [0.25, 0.3) is 5.91 Å². The van der Waals surface area contributed by atoms with Gasteiger partial charge in [-0.05, 0) is 44.2 Å². The maximum Gasteiger partial charge on any atom is 0.416 e. The third-order valence-corrected chi connectivity index (χ3v) is 6.87. The van der Waals surface area contributed by atoms with Crippen LogP contribution in [0.15, 0.2) is 45.4 Å². The molecule has 2 aromatic heterocycles. The fourth-order valence-corrected chi connectivity index (χ4v) is 4.13. The van der Waals surface area contributed by atoms with Crippen molar-refractivity contribution in [3.8, 4) is 5.82 Å². The first-order valence-corrected chi connectivity index (χ1v) is 13.0. The van der Waals surface area contributed by atoms with E-state index in [1.807, 2.05) is 0 Å². The lowest BCUT2D eigenvalue weighted by atomic mass is 10.1. The van der Waals surface area contributed by atoms with Crippen molar-refractivity contribution in [2.45, 2.75) is 33.0 Å². The quantitative estimate of drug-likeness (QED) is 0.459. The van der Waals surface area contributed by atoms with E-state index in [0.29, 0.717) is 28.9 Å². The number of rotatable bonds is 6. The Morgan fingerprint density at radius 1 is 1.29 bits per heavy atom. The smallest absolute Gasteiger partial charge is 0.342 e. The van der Waals surface area contributed by atoms with E-state index in [1.165, 1.54) is 16.9 Å². The van der Waals surface area contributed by atoms with Crippen LogP contribution in [-0.2, 0) is 15.9 Å². The van der Waals surface area contributed by atoms with Crippen LogP contribution < -0.4 is 5.32 Å². The van der Waals surface area contributed by atoms with Crippen LogP contribution in [0.5, 0.6) is 0 Å². The molecule has 0 aliphatic carbocycles. The van der Waals surface area contributed by atoms with Crippen molar-refractivity contribution in [3.63, 3.8) is 0 Å². The van der Waals surface area contributed by atoms with Crippen molar-refractivity contribution in [3.05, 3.63) is 63.8 Å². The lowest BCUT2D eigenvalue weighted by Gasteiger charge is -2.15. The summed E-state index contributed by atoms with van der Waals surface area (Å²) in [5, 5.41) is 6.97. The second-order valence-corrected chi connectivity index (χ2v) is 11.2. The number of aryl methyl sites for hydroxylation is 1. The molecule has 0 bridgehead atoms. The van der Waals surface area contributed by atoms with Gasteiger partial charge in [-0.15, -0.1) is 5.10 Å². The summed E-state index contributed by atoms with van der Waals surface area (Å²) in [5.74, 6) is 0.835. The van der Waals surface area contributed by atoms with Gasteiger partial charge in [0.05, 0.1) is 23.5 Å². The van der Waals surface area contributed by atoms with Crippen molar-refractivity contribution in [2.75, 3.05) is 12.0 Å². The minimum absolute atomic E-state index is 0.132. The summed E-state index contributed by atoms with van der Waals surface area (Å²) in [6, 6.07) is 5.56. The van der Waals surface area contributed by atoms with Crippen LogP contribution >= 0.6 is 15.9 Å². The van der Waals surface area contributed by atoms with Crippen LogP contribution in [0.2, 0.25) is 0 Å². The molecule has 1 aromatic carbocycles. The van der Waals surface area contributed by atoms with E-state index in [4.69, 9.17) is 0 Å². The largest absolute Gasteiger partial charge is 0.416 e. The zero-order chi connectivity index (χ0) is 25.3. The van der Waals surface area contributed by atoms with Crippen molar-refractivity contribution in [2.24, 2.45) is 4.36 Å². The van der Waals surface area contributed by atoms with Gasteiger partial charge >= 0.3 is 6.18 Å². The summed E-state index contributed by atoms with van der Waals surface area (Å²) < 4.78 is 57.3. The van der Waals surface area contributed by atoms with Crippen molar-refractivity contribution in [1.82, 2.24) is 25.1 Å². The van der Waals surface area contributed by atoms with E-state index in [2.05, 4.69) is 40.7 Å². The Morgan fingerprint density at radius 2 is 2.00 bits per heavy atom. The topological polar surface area (TPSA) is 102 Å². The molecule has 2 heterocycles. The molecule has 8 nitrogen and oxygen atoms in total. The number of halogens is 4. The van der Waals surface area contributed by atoms with Crippen LogP contribution in [0.3, 0.4) is 0 Å². The van der Waals surface area contributed by atoms with Crippen molar-refractivity contribution in [1.29, 1.82) is 0 Å². The summed E-state index contributed by atoms with van der Waals surface area (Å²) >= 11 is 3.02. The summed E-state index contributed by atoms with van der Waals surface area (Å²) in [7, 11) is -2.34. The normalized spacial score (nSPS) is 14.4. The van der Waals surface area contributed by atoms with E-state index in [9.17, 15) is 22.2 Å². The molecular weight excluding hydrogens is 537 g/mol. The molecule has 0 saturated heterocycles. The van der Waals surface area contributed by atoms with Gasteiger partial charge in [-0.25, -0.2) is 14.2 Å². The van der Waals surface area contributed by atoms with Gasteiger partial charge in [0.2, 0.25) is 0 Å². The van der Waals surface area contributed by atoms with Crippen molar-refractivity contribution < 1.29 is 22.2 Å². The van der Waals surface area contributed by atoms with E-state index >= 15 is 0 Å². The Labute approximate surface area is 203 Å². The first kappa shape index (κ1) is 25.8. The molecule has 0 saturated carbocycles. The first-order valence-electron chi connectivity index (χ1n) is 10.1. The molecule has 1 unspecified atom stereocenters. The summed E-state index contributed by atoms with van der Waals surface area (Å²) in [5.41, 5.74) is -0.639. The zero-order valence-electron chi connectivity index (χ0n) is 18.7. The van der Waals surface area contributed by atoms with Crippen molar-refractivity contribution >= 4 is 37.3 Å². The molecule has 13 heteroatoms. The molecule has 3 rings (SSSR count). The monoisotopic (exact) mass is 558 g/mol. The lowest BCUT2D eigenvalue weighted by Crippen LogP contribution is -2.29. The predicted molar refractivity (Wildman–Crippen MR) is 126 cm³/mol. The molecule has 3 aromatic rings. The third-order valence-electron chi connectivity index (χ3n) is 4.74. The number of nitrogens with one attached hydrogen (secondary N) is 1. The first-order chi connectivity index (χ1) is 15.8. The molecule has 0 radical (unpaired) electrons. The van der Waals surface area contributed by atoms with Gasteiger partial charge in [0.1, 0.15) is 5.82 Å². The Bertz CT molecular complexity index is 1330. The number of alkyl halides is 3. The maximum absolute atomic E-state index is 13.1. The maximum atomic E-state index is 13.1. The number of benzene rings is 1. The van der Waals surface area contributed by atoms with Gasteiger partial charge < -0.3 is 5.32 Å². The van der Waals surface area contributed by atoms with E-state index in [0.717, 1.165) is 12.1 Å². The van der Waals surface area contributed by atoms with Crippen LogP contribution in [0.1, 0.15) is 47.5 Å². The van der Waals surface area contributed by atoms with Gasteiger partial charge in [0.15, 0.2) is 11.6 Å². The minimum atomic E-state index is -4.59. The molecule has 182 valence electrons. The standard InChI is InChI=1S/C21H22BrF3N6O2S/c1-5-34(4,33)30-17-6-7-18(26-11-17)31-19(28-13(3)29-31)12(2)27-20(32)14-8-15(21(23,24)25)10-16(22)9-14/h6-12H,5H2,1-4H3,(H,27,32)/t12-,34?/m0/s1.